The second kappa shape index (κ2) is 8.57. The van der Waals surface area contributed by atoms with Crippen molar-refractivity contribution in [1.82, 2.24) is 19.9 Å². The average Bonchev–Trinajstić information content (AvgIpc) is 3.13. The molecule has 9 heteroatoms. The van der Waals surface area contributed by atoms with Crippen molar-refractivity contribution in [2.45, 2.75) is 19.9 Å². The molecule has 0 saturated carbocycles. The number of aromatic nitrogens is 3. The van der Waals surface area contributed by atoms with Crippen molar-refractivity contribution in [1.29, 1.82) is 0 Å². The number of likely N-dealkylation sites (N-methyl/N-ethyl adjacent to an activating group) is 1. The van der Waals surface area contributed by atoms with Crippen LogP contribution < -0.4 is 10.2 Å². The van der Waals surface area contributed by atoms with Gasteiger partial charge in [-0.1, -0.05) is 23.7 Å². The molecule has 3 aromatic rings. The summed E-state index contributed by atoms with van der Waals surface area (Å²) in [7, 11) is 1.82. The number of carbonyl (C=O) groups is 1. The Morgan fingerprint density at radius 2 is 1.97 bits per heavy atom. The first-order valence-corrected chi connectivity index (χ1v) is 10.9. The Labute approximate surface area is 184 Å². The number of thiazole rings is 1. The fourth-order valence-electron chi connectivity index (χ4n) is 3.31. The van der Waals surface area contributed by atoms with Crippen molar-refractivity contribution in [2.24, 2.45) is 0 Å². The topological polar surface area (TPSA) is 74.2 Å². The highest BCUT2D eigenvalue weighted by Crippen LogP contribution is 2.32. The molecule has 30 heavy (non-hydrogen) atoms. The van der Waals surface area contributed by atoms with E-state index in [4.69, 9.17) is 16.6 Å². The lowest BCUT2D eigenvalue weighted by Crippen LogP contribution is -2.48. The van der Waals surface area contributed by atoms with Crippen molar-refractivity contribution in [3.05, 3.63) is 51.6 Å². The van der Waals surface area contributed by atoms with Crippen molar-refractivity contribution >= 4 is 40.5 Å². The highest BCUT2D eigenvalue weighted by molar-refractivity contribution is 7.12. The third-order valence-corrected chi connectivity index (χ3v) is 6.50. The van der Waals surface area contributed by atoms with Crippen LogP contribution in [0.3, 0.4) is 0 Å². The fourth-order valence-corrected chi connectivity index (χ4v) is 4.39. The van der Waals surface area contributed by atoms with Gasteiger partial charge in [-0.15, -0.1) is 11.3 Å². The monoisotopic (exact) mass is 442 g/mol. The zero-order valence-corrected chi connectivity index (χ0v) is 18.7. The summed E-state index contributed by atoms with van der Waals surface area (Å²) in [4.78, 5) is 30.4. The normalized spacial score (nSPS) is 15.4. The second-order valence-electron chi connectivity index (χ2n) is 7.33. The van der Waals surface area contributed by atoms with Crippen molar-refractivity contribution in [3.8, 4) is 11.3 Å². The zero-order chi connectivity index (χ0) is 21.3. The van der Waals surface area contributed by atoms with Crippen LogP contribution in [0, 0.1) is 6.92 Å². The van der Waals surface area contributed by atoms with Crippen LogP contribution in [0.2, 0.25) is 5.02 Å². The third-order valence-electron chi connectivity index (χ3n) is 5.10. The summed E-state index contributed by atoms with van der Waals surface area (Å²) in [6.07, 6.45) is 1.53. The molecule has 4 rings (SSSR count). The van der Waals surface area contributed by atoms with E-state index in [0.29, 0.717) is 23.9 Å². The quantitative estimate of drug-likeness (QED) is 0.643. The Kier molecular flexibility index (Phi) is 5.87. The first kappa shape index (κ1) is 20.6. The molecule has 1 N–H and O–H groups in total. The van der Waals surface area contributed by atoms with Crippen LogP contribution in [0.4, 0.5) is 11.6 Å². The molecular formula is C21H23ClN6OS. The molecule has 156 valence electrons. The Morgan fingerprint density at radius 1 is 1.20 bits per heavy atom. The number of anilines is 2. The molecular weight excluding hydrogens is 420 g/mol. The summed E-state index contributed by atoms with van der Waals surface area (Å²) in [6, 6.07) is 9.59. The third kappa shape index (κ3) is 4.39. The first-order valence-electron chi connectivity index (χ1n) is 9.71. The van der Waals surface area contributed by atoms with Gasteiger partial charge in [0.15, 0.2) is 0 Å². The Balaban J connectivity index is 1.49. The van der Waals surface area contributed by atoms with E-state index in [-0.39, 0.29) is 11.9 Å². The van der Waals surface area contributed by atoms with Gasteiger partial charge in [-0.2, -0.15) is 0 Å². The van der Waals surface area contributed by atoms with E-state index in [1.54, 1.807) is 16.2 Å². The molecule has 2 aromatic heterocycles. The van der Waals surface area contributed by atoms with E-state index in [9.17, 15) is 4.79 Å². The highest BCUT2D eigenvalue weighted by atomic mass is 35.5. The molecule has 0 spiro atoms. The number of halogens is 1. The molecule has 0 aliphatic carbocycles. The summed E-state index contributed by atoms with van der Waals surface area (Å²) < 4.78 is 0. The van der Waals surface area contributed by atoms with Crippen LogP contribution in [-0.4, -0.2) is 52.4 Å². The van der Waals surface area contributed by atoms with Crippen molar-refractivity contribution < 1.29 is 4.79 Å². The number of carbonyl (C=O) groups excluding carboxylic acids is 1. The number of hydrogen-bond donors (Lipinski definition) is 1. The predicted molar refractivity (Wildman–Crippen MR) is 121 cm³/mol. The summed E-state index contributed by atoms with van der Waals surface area (Å²) in [5.41, 5.74) is 2.02. The van der Waals surface area contributed by atoms with E-state index >= 15 is 0 Å². The van der Waals surface area contributed by atoms with E-state index in [1.165, 1.54) is 6.33 Å². The number of nitrogens with one attached hydrogen (secondary N) is 1. The molecule has 1 aliphatic rings. The van der Waals surface area contributed by atoms with Gasteiger partial charge in [0.05, 0.1) is 18.3 Å². The van der Waals surface area contributed by atoms with E-state index in [1.807, 2.05) is 42.3 Å². The van der Waals surface area contributed by atoms with Crippen LogP contribution in [0.5, 0.6) is 0 Å². The molecule has 1 amide bonds. The minimum absolute atomic E-state index is 0.0216. The Morgan fingerprint density at radius 3 is 2.70 bits per heavy atom. The number of nitrogens with zero attached hydrogens (tertiary/aromatic N) is 5. The van der Waals surface area contributed by atoms with Gasteiger partial charge in [0.2, 0.25) is 5.91 Å². The molecule has 1 aliphatic heterocycles. The van der Waals surface area contributed by atoms with Crippen LogP contribution >= 0.6 is 22.9 Å². The lowest BCUT2D eigenvalue weighted by molar-refractivity contribution is -0.129. The standard InChI is InChI=1S/C21H23ClN6OS/c1-13(21-26-20(14(2)30-21)15-4-6-16(22)7-5-15)25-17-10-18(24-12-23-17)28-9-8-27(3)19(29)11-28/h4-7,10,12-13H,8-9,11H2,1-3H3,(H,23,24,25). The van der Waals surface area contributed by atoms with Crippen LogP contribution in [-0.2, 0) is 4.79 Å². The molecule has 3 heterocycles. The van der Waals surface area contributed by atoms with Gasteiger partial charge >= 0.3 is 0 Å². The number of benzene rings is 1. The van der Waals surface area contributed by atoms with Gasteiger partial charge in [0.25, 0.3) is 0 Å². The molecule has 0 radical (unpaired) electrons. The van der Waals surface area contributed by atoms with Gasteiger partial charge in [-0.25, -0.2) is 15.0 Å². The number of aryl methyl sites for hydroxylation is 1. The van der Waals surface area contributed by atoms with Gasteiger partial charge < -0.3 is 15.1 Å². The maximum absolute atomic E-state index is 12.0. The maximum atomic E-state index is 12.0. The number of rotatable bonds is 5. The lowest BCUT2D eigenvalue weighted by Gasteiger charge is -2.32. The van der Waals surface area contributed by atoms with Crippen LogP contribution in [0.25, 0.3) is 11.3 Å². The molecule has 1 unspecified atom stereocenters. The highest BCUT2D eigenvalue weighted by Gasteiger charge is 2.22. The van der Waals surface area contributed by atoms with E-state index < -0.39 is 0 Å². The number of piperazine rings is 1. The van der Waals surface area contributed by atoms with Gasteiger partial charge in [-0.3, -0.25) is 4.79 Å². The van der Waals surface area contributed by atoms with Crippen LogP contribution in [0.15, 0.2) is 36.7 Å². The molecule has 1 atom stereocenters. The average molecular weight is 443 g/mol. The number of amides is 1. The maximum Gasteiger partial charge on any atom is 0.241 e. The molecule has 0 bridgehead atoms. The molecule has 1 aromatic carbocycles. The summed E-state index contributed by atoms with van der Waals surface area (Å²) in [5.74, 6) is 1.55. The summed E-state index contributed by atoms with van der Waals surface area (Å²) >= 11 is 7.67. The van der Waals surface area contributed by atoms with Gasteiger partial charge in [-0.05, 0) is 26.0 Å². The summed E-state index contributed by atoms with van der Waals surface area (Å²) in [6.45, 7) is 5.91. The van der Waals surface area contributed by atoms with Crippen LogP contribution in [0.1, 0.15) is 22.9 Å². The van der Waals surface area contributed by atoms with Crippen molar-refractivity contribution in [3.63, 3.8) is 0 Å². The van der Waals surface area contributed by atoms with Crippen molar-refractivity contribution in [2.75, 3.05) is 36.9 Å². The first-order chi connectivity index (χ1) is 14.4. The SMILES string of the molecule is Cc1sc(C(C)Nc2cc(N3CCN(C)C(=O)C3)ncn2)nc1-c1ccc(Cl)cc1. The molecule has 1 saturated heterocycles. The lowest BCUT2D eigenvalue weighted by atomic mass is 10.1. The smallest absolute Gasteiger partial charge is 0.241 e. The minimum Gasteiger partial charge on any atom is -0.361 e. The predicted octanol–water partition coefficient (Wildman–Crippen LogP) is 4.01. The van der Waals surface area contributed by atoms with Gasteiger partial charge in [0, 0.05) is 41.7 Å². The summed E-state index contributed by atoms with van der Waals surface area (Å²) in [5, 5.41) is 5.10. The zero-order valence-electron chi connectivity index (χ0n) is 17.1. The largest absolute Gasteiger partial charge is 0.361 e. The van der Waals surface area contributed by atoms with E-state index in [2.05, 4.69) is 29.1 Å². The Bertz CT molecular complexity index is 1050. The second-order valence-corrected chi connectivity index (χ2v) is 9.00. The Hall–Kier alpha value is -2.71. The molecule has 7 nitrogen and oxygen atoms in total. The van der Waals surface area contributed by atoms with E-state index in [0.717, 1.165) is 33.5 Å². The van der Waals surface area contributed by atoms with Gasteiger partial charge in [0.1, 0.15) is 23.0 Å². The fraction of sp³-hybridized carbons (Fsp3) is 0.333. The number of hydrogen-bond acceptors (Lipinski definition) is 7. The molecule has 1 fully saturated rings. The minimum atomic E-state index is -0.0216.